The summed E-state index contributed by atoms with van der Waals surface area (Å²) in [7, 11) is -4.31. The van der Waals surface area contributed by atoms with Crippen LogP contribution in [0, 0.1) is 0 Å². The topological polar surface area (TPSA) is 98.1 Å². The van der Waals surface area contributed by atoms with E-state index in [1.54, 1.807) is 6.92 Å². The largest absolute Gasteiger partial charge is 0.394 e. The third-order valence-electron chi connectivity index (χ3n) is 2.73. The van der Waals surface area contributed by atoms with Crippen molar-refractivity contribution in [3.63, 3.8) is 0 Å². The van der Waals surface area contributed by atoms with Crippen molar-refractivity contribution in [2.24, 2.45) is 0 Å². The van der Waals surface area contributed by atoms with E-state index in [9.17, 15) is 9.36 Å². The number of amides is 1. The Morgan fingerprint density at radius 1 is 1.53 bits per heavy atom. The first-order chi connectivity index (χ1) is 6.78. The van der Waals surface area contributed by atoms with Crippen molar-refractivity contribution >= 4 is 13.5 Å². The average molecular weight is 237 g/mol. The third-order valence-corrected chi connectivity index (χ3v) is 3.41. The Morgan fingerprint density at radius 3 is 2.60 bits per heavy atom. The lowest BCUT2D eigenvalue weighted by Crippen LogP contribution is -2.48. The fourth-order valence-corrected chi connectivity index (χ4v) is 2.40. The number of carbonyl (C=O) groups excluding carboxylic acids is 1. The van der Waals surface area contributed by atoms with Crippen LogP contribution in [-0.4, -0.2) is 50.6 Å². The molecule has 15 heavy (non-hydrogen) atoms. The van der Waals surface area contributed by atoms with E-state index in [0.717, 1.165) is 6.42 Å². The van der Waals surface area contributed by atoms with E-state index in [4.69, 9.17) is 14.9 Å². The summed E-state index contributed by atoms with van der Waals surface area (Å²) in [5, 5.41) is 9.15. The maximum Gasteiger partial charge on any atom is 0.334 e. The summed E-state index contributed by atoms with van der Waals surface area (Å²) in [5.41, 5.74) is -0.660. The number of aliphatic hydroxyl groups excluding tert-OH is 1. The first kappa shape index (κ1) is 12.6. The molecule has 1 aliphatic heterocycles. The zero-order valence-electron chi connectivity index (χ0n) is 8.59. The molecule has 1 aliphatic rings. The van der Waals surface area contributed by atoms with Crippen LogP contribution in [0.4, 0.5) is 0 Å². The summed E-state index contributed by atoms with van der Waals surface area (Å²) in [6, 6.07) is 0. The second-order valence-corrected chi connectivity index (χ2v) is 5.77. The average Bonchev–Trinajstić information content (AvgIpc) is 2.45. The Bertz CT molecular complexity index is 301. The molecule has 1 heterocycles. The van der Waals surface area contributed by atoms with Crippen LogP contribution in [0.5, 0.6) is 0 Å². The number of likely N-dealkylation sites (tertiary alicyclic amines) is 1. The summed E-state index contributed by atoms with van der Waals surface area (Å²) in [6.45, 7) is 1.99. The molecule has 0 aromatic rings. The highest BCUT2D eigenvalue weighted by Crippen LogP contribution is 2.37. The number of hydrogen-bond donors (Lipinski definition) is 3. The van der Waals surface area contributed by atoms with E-state index in [1.165, 1.54) is 4.90 Å². The van der Waals surface area contributed by atoms with Gasteiger partial charge in [0.05, 0.1) is 12.1 Å². The first-order valence-corrected chi connectivity index (χ1v) is 6.54. The minimum absolute atomic E-state index is 0.181. The maximum absolute atomic E-state index is 11.6. The van der Waals surface area contributed by atoms with Crippen LogP contribution in [0.3, 0.4) is 0 Å². The van der Waals surface area contributed by atoms with Gasteiger partial charge < -0.3 is 19.8 Å². The molecule has 0 radical (unpaired) electrons. The molecule has 3 N–H and O–H groups in total. The second-order valence-electron chi connectivity index (χ2n) is 4.13. The lowest BCUT2D eigenvalue weighted by atomic mass is 10.0. The smallest absolute Gasteiger partial charge is 0.334 e. The molecular formula is C8H16NO5P. The van der Waals surface area contributed by atoms with Gasteiger partial charge in [-0.15, -0.1) is 0 Å². The van der Waals surface area contributed by atoms with E-state index in [-0.39, 0.29) is 6.61 Å². The van der Waals surface area contributed by atoms with Crippen molar-refractivity contribution in [1.82, 2.24) is 4.90 Å². The monoisotopic (exact) mass is 237 g/mol. The van der Waals surface area contributed by atoms with E-state index in [0.29, 0.717) is 13.0 Å². The summed E-state index contributed by atoms with van der Waals surface area (Å²) >= 11 is 0. The summed E-state index contributed by atoms with van der Waals surface area (Å²) in [4.78, 5) is 30.3. The highest BCUT2D eigenvalue weighted by Gasteiger charge is 2.40. The Kier molecular flexibility index (Phi) is 3.55. The summed E-state index contributed by atoms with van der Waals surface area (Å²) in [5.74, 6) is -0.586. The highest BCUT2D eigenvalue weighted by atomic mass is 31.2. The van der Waals surface area contributed by atoms with Gasteiger partial charge in [-0.1, -0.05) is 0 Å². The number of rotatable bonds is 3. The zero-order valence-corrected chi connectivity index (χ0v) is 9.48. The molecular weight excluding hydrogens is 221 g/mol. The SMILES string of the molecule is C[C@@]1(CO)CCCN1C(=O)CP(=O)(O)O. The van der Waals surface area contributed by atoms with Crippen LogP contribution in [0.1, 0.15) is 19.8 Å². The molecule has 0 bridgehead atoms. The van der Waals surface area contributed by atoms with E-state index in [1.807, 2.05) is 0 Å². The first-order valence-electron chi connectivity index (χ1n) is 4.74. The predicted octanol–water partition coefficient (Wildman–Crippen LogP) is -0.463. The minimum Gasteiger partial charge on any atom is -0.394 e. The highest BCUT2D eigenvalue weighted by molar-refractivity contribution is 7.52. The van der Waals surface area contributed by atoms with Crippen LogP contribution in [0.25, 0.3) is 0 Å². The number of hydrogen-bond acceptors (Lipinski definition) is 3. The fraction of sp³-hybridized carbons (Fsp3) is 0.875. The summed E-state index contributed by atoms with van der Waals surface area (Å²) in [6.07, 6.45) is 0.642. The van der Waals surface area contributed by atoms with Crippen LogP contribution in [-0.2, 0) is 9.36 Å². The molecule has 0 aliphatic carbocycles. The van der Waals surface area contributed by atoms with Gasteiger partial charge >= 0.3 is 7.60 Å². The van der Waals surface area contributed by atoms with E-state index in [2.05, 4.69) is 0 Å². The Morgan fingerprint density at radius 2 is 2.13 bits per heavy atom. The molecule has 88 valence electrons. The van der Waals surface area contributed by atoms with Gasteiger partial charge in [-0.05, 0) is 19.8 Å². The molecule has 1 fully saturated rings. The number of aliphatic hydroxyl groups is 1. The zero-order chi connectivity index (χ0) is 11.7. The lowest BCUT2D eigenvalue weighted by Gasteiger charge is -2.33. The molecule has 1 rings (SSSR count). The van der Waals surface area contributed by atoms with Crippen molar-refractivity contribution in [1.29, 1.82) is 0 Å². The van der Waals surface area contributed by atoms with E-state index >= 15 is 0 Å². The van der Waals surface area contributed by atoms with Gasteiger partial charge in [0.15, 0.2) is 0 Å². The van der Waals surface area contributed by atoms with Crippen molar-refractivity contribution in [2.75, 3.05) is 19.3 Å². The molecule has 0 spiro atoms. The normalized spacial score (nSPS) is 27.1. The van der Waals surface area contributed by atoms with Crippen molar-refractivity contribution in [3.8, 4) is 0 Å². The molecule has 0 aromatic carbocycles. The molecule has 0 aromatic heterocycles. The Balaban J connectivity index is 2.72. The molecule has 1 atom stereocenters. The number of nitrogens with zero attached hydrogens (tertiary/aromatic N) is 1. The van der Waals surface area contributed by atoms with Gasteiger partial charge in [0.1, 0.15) is 6.16 Å². The minimum atomic E-state index is -4.31. The molecule has 1 saturated heterocycles. The molecule has 1 amide bonds. The van der Waals surface area contributed by atoms with Gasteiger partial charge in [0.2, 0.25) is 5.91 Å². The molecule has 7 heteroatoms. The van der Waals surface area contributed by atoms with Crippen molar-refractivity contribution in [2.45, 2.75) is 25.3 Å². The van der Waals surface area contributed by atoms with Crippen LogP contribution < -0.4 is 0 Å². The molecule has 6 nitrogen and oxygen atoms in total. The van der Waals surface area contributed by atoms with Gasteiger partial charge in [-0.3, -0.25) is 9.36 Å². The second kappa shape index (κ2) is 4.22. The van der Waals surface area contributed by atoms with Gasteiger partial charge in [0.25, 0.3) is 0 Å². The maximum atomic E-state index is 11.6. The molecule has 0 saturated carbocycles. The predicted molar refractivity (Wildman–Crippen MR) is 53.3 cm³/mol. The number of carbonyl (C=O) groups is 1. The van der Waals surface area contributed by atoms with Gasteiger partial charge in [-0.25, -0.2) is 0 Å². The van der Waals surface area contributed by atoms with Gasteiger partial charge in [-0.2, -0.15) is 0 Å². The molecule has 0 unspecified atom stereocenters. The Hall–Kier alpha value is -0.420. The lowest BCUT2D eigenvalue weighted by molar-refractivity contribution is -0.133. The van der Waals surface area contributed by atoms with E-state index < -0.39 is 25.2 Å². The van der Waals surface area contributed by atoms with Crippen LogP contribution in [0.15, 0.2) is 0 Å². The Labute approximate surface area is 88.1 Å². The third kappa shape index (κ3) is 3.01. The standard InChI is InChI=1S/C8H16NO5P/c1-8(6-10)3-2-4-9(8)7(11)5-15(12,13)14/h10H,2-6H2,1H3,(H2,12,13,14)/t8-/m0/s1. The van der Waals surface area contributed by atoms with Crippen molar-refractivity contribution < 1.29 is 24.3 Å². The quantitative estimate of drug-likeness (QED) is 0.577. The van der Waals surface area contributed by atoms with Crippen LogP contribution >= 0.6 is 7.60 Å². The van der Waals surface area contributed by atoms with Crippen LogP contribution in [0.2, 0.25) is 0 Å². The summed E-state index contributed by atoms with van der Waals surface area (Å²) < 4.78 is 10.7. The van der Waals surface area contributed by atoms with Crippen molar-refractivity contribution in [3.05, 3.63) is 0 Å². The van der Waals surface area contributed by atoms with Gasteiger partial charge in [0, 0.05) is 6.54 Å². The fourth-order valence-electron chi connectivity index (χ4n) is 1.87.